The zero-order valence-corrected chi connectivity index (χ0v) is 14.3. The average molecular weight is 320 g/mol. The molecule has 0 radical (unpaired) electrons. The van der Waals surface area contributed by atoms with Gasteiger partial charge in [0.1, 0.15) is 6.10 Å². The Morgan fingerprint density at radius 1 is 0.682 bits per heavy atom. The molecule has 0 aliphatic carbocycles. The van der Waals surface area contributed by atoms with Crippen LogP contribution in [0.3, 0.4) is 0 Å². The van der Waals surface area contributed by atoms with E-state index >= 15 is 0 Å². The largest absolute Gasteiger partial charge is 0.394 e. The second-order valence-electron chi connectivity index (χ2n) is 5.61. The fraction of sp³-hybridized carbons (Fsp3) is 1.00. The van der Waals surface area contributed by atoms with E-state index in [9.17, 15) is 0 Å². The number of rotatable bonds is 18. The molecule has 0 saturated carbocycles. The molecule has 0 aromatic heterocycles. The smallest absolute Gasteiger partial charge is 0.100 e. The van der Waals surface area contributed by atoms with Gasteiger partial charge in [0.2, 0.25) is 0 Å². The van der Waals surface area contributed by atoms with Gasteiger partial charge in [-0.25, -0.2) is 0 Å². The number of hydrogen-bond donors (Lipinski definition) is 2. The second-order valence-corrected chi connectivity index (χ2v) is 5.61. The minimum Gasteiger partial charge on any atom is -0.394 e. The third kappa shape index (κ3) is 17.9. The Balaban J connectivity index is 2.97. The molecule has 0 amide bonds. The lowest BCUT2D eigenvalue weighted by Crippen LogP contribution is -2.21. The first kappa shape index (κ1) is 21.8. The number of ether oxygens (including phenoxy) is 3. The third-order valence-electron chi connectivity index (χ3n) is 3.41. The lowest BCUT2D eigenvalue weighted by atomic mass is 10.1. The molecule has 0 unspecified atom stereocenters. The maximum Gasteiger partial charge on any atom is 0.100 e. The van der Waals surface area contributed by atoms with Crippen molar-refractivity contribution < 1.29 is 24.4 Å². The first-order chi connectivity index (χ1) is 10.8. The van der Waals surface area contributed by atoms with Crippen molar-refractivity contribution >= 4 is 0 Å². The molecule has 2 N–H and O–H groups in total. The van der Waals surface area contributed by atoms with Crippen molar-refractivity contribution in [3.8, 4) is 0 Å². The topological polar surface area (TPSA) is 68.2 Å². The van der Waals surface area contributed by atoms with Crippen molar-refractivity contribution in [3.05, 3.63) is 0 Å². The summed E-state index contributed by atoms with van der Waals surface area (Å²) >= 11 is 0. The molecule has 0 spiro atoms. The van der Waals surface area contributed by atoms with Gasteiger partial charge in [0.15, 0.2) is 0 Å². The molecule has 0 aliphatic heterocycles. The highest BCUT2D eigenvalue weighted by Crippen LogP contribution is 2.08. The van der Waals surface area contributed by atoms with E-state index in [-0.39, 0.29) is 13.2 Å². The van der Waals surface area contributed by atoms with E-state index < -0.39 is 6.10 Å². The number of aliphatic hydroxyl groups excluding tert-OH is 2. The standard InChI is InChI=1S/C17H36O5/c1-2-3-4-5-6-7-8-9-10-20-11-12-21-13-14-22-16-17(19)15-18/h17-19H,2-16H2,1H3/t17-/m1/s1. The average Bonchev–Trinajstić information content (AvgIpc) is 2.54. The number of unbranched alkanes of at least 4 members (excludes halogenated alkanes) is 7. The Hall–Kier alpha value is -0.200. The Morgan fingerprint density at radius 2 is 1.18 bits per heavy atom. The molecule has 0 aromatic carbocycles. The van der Waals surface area contributed by atoms with Crippen LogP contribution in [0.4, 0.5) is 0 Å². The molecule has 0 heterocycles. The molecule has 0 saturated heterocycles. The van der Waals surface area contributed by atoms with Crippen molar-refractivity contribution in [3.63, 3.8) is 0 Å². The van der Waals surface area contributed by atoms with Gasteiger partial charge in [-0.1, -0.05) is 51.9 Å². The molecule has 1 atom stereocenters. The van der Waals surface area contributed by atoms with Gasteiger partial charge < -0.3 is 24.4 Å². The first-order valence-corrected chi connectivity index (χ1v) is 8.83. The van der Waals surface area contributed by atoms with Crippen LogP contribution < -0.4 is 0 Å². The van der Waals surface area contributed by atoms with E-state index in [2.05, 4.69) is 6.92 Å². The Kier molecular flexibility index (Phi) is 18.7. The predicted octanol–water partition coefficient (Wildman–Crippen LogP) is 2.53. The molecule has 0 rings (SSSR count). The lowest BCUT2D eigenvalue weighted by Gasteiger charge is -2.09. The summed E-state index contributed by atoms with van der Waals surface area (Å²) in [5.41, 5.74) is 0. The normalized spacial score (nSPS) is 12.7. The summed E-state index contributed by atoms with van der Waals surface area (Å²) in [4.78, 5) is 0. The van der Waals surface area contributed by atoms with Crippen LogP contribution in [0.25, 0.3) is 0 Å². The minimum atomic E-state index is -0.796. The Morgan fingerprint density at radius 3 is 1.77 bits per heavy atom. The van der Waals surface area contributed by atoms with Gasteiger partial charge in [-0.2, -0.15) is 0 Å². The summed E-state index contributed by atoms with van der Waals surface area (Å²) in [6, 6.07) is 0. The van der Waals surface area contributed by atoms with Crippen LogP contribution in [-0.2, 0) is 14.2 Å². The minimum absolute atomic E-state index is 0.148. The highest BCUT2D eigenvalue weighted by atomic mass is 16.5. The molecule has 0 aliphatic rings. The van der Waals surface area contributed by atoms with Crippen LogP contribution in [0.1, 0.15) is 58.3 Å². The summed E-state index contributed by atoms with van der Waals surface area (Å²) in [5, 5.41) is 17.6. The fourth-order valence-electron chi connectivity index (χ4n) is 2.05. The fourth-order valence-corrected chi connectivity index (χ4v) is 2.05. The summed E-state index contributed by atoms with van der Waals surface area (Å²) in [6.45, 7) is 5.04. The molecule has 134 valence electrons. The summed E-state index contributed by atoms with van der Waals surface area (Å²) in [7, 11) is 0. The third-order valence-corrected chi connectivity index (χ3v) is 3.41. The van der Waals surface area contributed by atoms with Crippen LogP contribution in [0, 0.1) is 0 Å². The Bertz CT molecular complexity index is 201. The highest BCUT2D eigenvalue weighted by molar-refractivity contribution is 4.48. The van der Waals surface area contributed by atoms with Gasteiger partial charge in [0, 0.05) is 6.61 Å². The molecule has 0 aromatic rings. The van der Waals surface area contributed by atoms with Crippen molar-refractivity contribution in [2.75, 3.05) is 46.2 Å². The second kappa shape index (κ2) is 18.8. The quantitative estimate of drug-likeness (QED) is 0.380. The maximum atomic E-state index is 9.04. The highest BCUT2D eigenvalue weighted by Gasteiger charge is 2.00. The van der Waals surface area contributed by atoms with Gasteiger partial charge in [-0.15, -0.1) is 0 Å². The van der Waals surface area contributed by atoms with Gasteiger partial charge in [0.05, 0.1) is 39.6 Å². The van der Waals surface area contributed by atoms with Crippen LogP contribution >= 0.6 is 0 Å². The van der Waals surface area contributed by atoms with E-state index in [1.165, 1.54) is 44.9 Å². The molecule has 0 bridgehead atoms. The van der Waals surface area contributed by atoms with Crippen molar-refractivity contribution in [1.29, 1.82) is 0 Å². The Labute approximate surface area is 136 Å². The van der Waals surface area contributed by atoms with E-state index in [1.807, 2.05) is 0 Å². The number of hydrogen-bond acceptors (Lipinski definition) is 5. The molecular formula is C17H36O5. The predicted molar refractivity (Wildman–Crippen MR) is 88.2 cm³/mol. The maximum absolute atomic E-state index is 9.04. The SMILES string of the molecule is CCCCCCCCCCOCCOCCOC[C@H](O)CO. The van der Waals surface area contributed by atoms with Crippen LogP contribution in [-0.4, -0.2) is 62.6 Å². The van der Waals surface area contributed by atoms with Gasteiger partial charge in [-0.05, 0) is 6.42 Å². The van der Waals surface area contributed by atoms with Crippen LogP contribution in [0.15, 0.2) is 0 Å². The van der Waals surface area contributed by atoms with Gasteiger partial charge in [0.25, 0.3) is 0 Å². The summed E-state index contributed by atoms with van der Waals surface area (Å²) in [6.07, 6.45) is 9.71. The van der Waals surface area contributed by atoms with Gasteiger partial charge >= 0.3 is 0 Å². The zero-order chi connectivity index (χ0) is 16.3. The first-order valence-electron chi connectivity index (χ1n) is 8.83. The summed E-state index contributed by atoms with van der Waals surface area (Å²) < 4.78 is 16.0. The number of aliphatic hydroxyl groups is 2. The van der Waals surface area contributed by atoms with Gasteiger partial charge in [-0.3, -0.25) is 0 Å². The van der Waals surface area contributed by atoms with E-state index in [4.69, 9.17) is 24.4 Å². The molecule has 5 nitrogen and oxygen atoms in total. The van der Waals surface area contributed by atoms with Crippen molar-refractivity contribution in [2.45, 2.75) is 64.4 Å². The monoisotopic (exact) mass is 320 g/mol. The molecule has 0 fully saturated rings. The van der Waals surface area contributed by atoms with Crippen LogP contribution in [0.2, 0.25) is 0 Å². The molecule has 5 heteroatoms. The van der Waals surface area contributed by atoms with E-state index in [0.29, 0.717) is 26.4 Å². The zero-order valence-electron chi connectivity index (χ0n) is 14.3. The van der Waals surface area contributed by atoms with E-state index in [1.54, 1.807) is 0 Å². The van der Waals surface area contributed by atoms with Crippen molar-refractivity contribution in [2.24, 2.45) is 0 Å². The van der Waals surface area contributed by atoms with Crippen molar-refractivity contribution in [1.82, 2.24) is 0 Å². The molecular weight excluding hydrogens is 284 g/mol. The van der Waals surface area contributed by atoms with Crippen LogP contribution in [0.5, 0.6) is 0 Å². The lowest BCUT2D eigenvalue weighted by molar-refractivity contribution is -0.0229. The summed E-state index contributed by atoms with van der Waals surface area (Å²) in [5.74, 6) is 0. The molecule has 22 heavy (non-hydrogen) atoms. The van der Waals surface area contributed by atoms with E-state index in [0.717, 1.165) is 13.0 Å².